The molecule has 0 radical (unpaired) electrons. The van der Waals surface area contributed by atoms with Crippen molar-refractivity contribution in [1.29, 1.82) is 0 Å². The third-order valence-electron chi connectivity index (χ3n) is 10.1. The van der Waals surface area contributed by atoms with Crippen molar-refractivity contribution >= 4 is 5.97 Å². The molecule has 0 aliphatic carbocycles. The molecule has 0 fully saturated rings. The quantitative estimate of drug-likeness (QED) is 0.0371. The van der Waals surface area contributed by atoms with Gasteiger partial charge in [-0.3, -0.25) is 4.79 Å². The molecule has 0 rings (SSSR count). The largest absolute Gasteiger partial charge is 0.466 e. The Hall–Kier alpha value is -0.790. The summed E-state index contributed by atoms with van der Waals surface area (Å²) >= 11 is 0. The lowest BCUT2D eigenvalue weighted by molar-refractivity contribution is -0.143. The van der Waals surface area contributed by atoms with Crippen LogP contribution in [0.15, 0.2) is 12.2 Å². The Labute approximate surface area is 297 Å². The van der Waals surface area contributed by atoms with Gasteiger partial charge in [-0.05, 0) is 38.0 Å². The first-order chi connectivity index (χ1) is 23.2. The fourth-order valence-corrected chi connectivity index (χ4v) is 6.77. The molecular weight excluding hydrogens is 572 g/mol. The summed E-state index contributed by atoms with van der Waals surface area (Å²) < 4.78 is 5.45. The third kappa shape index (κ3) is 43.2. The fraction of sp³-hybridized carbons (Fsp3) is 0.933. The first-order valence-electron chi connectivity index (χ1n) is 22.0. The van der Waals surface area contributed by atoms with E-state index < -0.39 is 0 Å². The molecule has 0 saturated heterocycles. The Morgan fingerprint density at radius 3 is 1.13 bits per heavy atom. The van der Waals surface area contributed by atoms with Gasteiger partial charge in [0.1, 0.15) is 0 Å². The Balaban J connectivity index is 3.14. The van der Waals surface area contributed by atoms with Crippen LogP contribution in [0.2, 0.25) is 0 Å². The zero-order chi connectivity index (χ0) is 34.1. The van der Waals surface area contributed by atoms with E-state index >= 15 is 0 Å². The highest BCUT2D eigenvalue weighted by Crippen LogP contribution is 2.17. The van der Waals surface area contributed by atoms with E-state index in [0.29, 0.717) is 13.0 Å². The zero-order valence-electron chi connectivity index (χ0n) is 32.9. The SMILES string of the molecule is CCCCC=CCCCCCCCC(=O)OCCCCCCCCCCCCCCCCCCCCCCCCCCCCC(C)C. The molecule has 280 valence electrons. The predicted molar refractivity (Wildman–Crippen MR) is 211 cm³/mol. The molecule has 0 aromatic heterocycles. The molecule has 0 atom stereocenters. The maximum atomic E-state index is 11.9. The van der Waals surface area contributed by atoms with Crippen LogP contribution in [0.1, 0.15) is 258 Å². The molecule has 0 aliphatic rings. The summed E-state index contributed by atoms with van der Waals surface area (Å²) in [6.07, 6.45) is 54.7. The minimum Gasteiger partial charge on any atom is -0.466 e. The van der Waals surface area contributed by atoms with Crippen LogP contribution in [0.3, 0.4) is 0 Å². The number of carbonyl (C=O) groups excluding carboxylic acids is 1. The van der Waals surface area contributed by atoms with E-state index in [9.17, 15) is 4.79 Å². The van der Waals surface area contributed by atoms with Crippen molar-refractivity contribution in [3.63, 3.8) is 0 Å². The number of ether oxygens (including phenoxy) is 1. The van der Waals surface area contributed by atoms with E-state index in [1.54, 1.807) is 0 Å². The number of rotatable bonds is 40. The molecule has 47 heavy (non-hydrogen) atoms. The highest BCUT2D eigenvalue weighted by atomic mass is 16.5. The van der Waals surface area contributed by atoms with Crippen molar-refractivity contribution in [3.8, 4) is 0 Å². The highest BCUT2D eigenvalue weighted by molar-refractivity contribution is 5.69. The van der Waals surface area contributed by atoms with Crippen molar-refractivity contribution in [1.82, 2.24) is 0 Å². The molecule has 0 N–H and O–H groups in total. The number of hydrogen-bond donors (Lipinski definition) is 0. The second-order valence-electron chi connectivity index (χ2n) is 15.5. The molecule has 0 saturated carbocycles. The third-order valence-corrected chi connectivity index (χ3v) is 10.1. The summed E-state index contributed by atoms with van der Waals surface area (Å²) in [7, 11) is 0. The van der Waals surface area contributed by atoms with Crippen LogP contribution in [0.25, 0.3) is 0 Å². The standard InChI is InChI=1S/C45H88O2/c1-4-5-6-7-8-9-26-30-33-36-39-42-45(46)47-43-40-37-34-31-28-25-23-21-19-17-15-13-11-10-12-14-16-18-20-22-24-27-29-32-35-38-41-44(2)3/h7-8,44H,4-6,9-43H2,1-3H3. The first kappa shape index (κ1) is 46.2. The lowest BCUT2D eigenvalue weighted by Crippen LogP contribution is -2.05. The summed E-state index contributed by atoms with van der Waals surface area (Å²) in [6.45, 7) is 7.56. The van der Waals surface area contributed by atoms with Gasteiger partial charge in [0.05, 0.1) is 6.61 Å². The molecule has 0 aliphatic heterocycles. The molecule has 0 aromatic rings. The monoisotopic (exact) mass is 661 g/mol. The van der Waals surface area contributed by atoms with E-state index in [4.69, 9.17) is 4.74 Å². The van der Waals surface area contributed by atoms with Gasteiger partial charge in [-0.2, -0.15) is 0 Å². The second kappa shape index (κ2) is 41.4. The van der Waals surface area contributed by atoms with Gasteiger partial charge in [0, 0.05) is 6.42 Å². The van der Waals surface area contributed by atoms with E-state index in [1.165, 1.54) is 212 Å². The van der Waals surface area contributed by atoms with Crippen LogP contribution < -0.4 is 0 Å². The zero-order valence-corrected chi connectivity index (χ0v) is 32.9. The number of hydrogen-bond acceptors (Lipinski definition) is 2. The summed E-state index contributed by atoms with van der Waals surface area (Å²) in [6, 6.07) is 0. The maximum absolute atomic E-state index is 11.9. The normalized spacial score (nSPS) is 11.7. The Kier molecular flexibility index (Phi) is 40.7. The Bertz CT molecular complexity index is 609. The average Bonchev–Trinajstić information content (AvgIpc) is 3.06. The minimum absolute atomic E-state index is 0.0173. The summed E-state index contributed by atoms with van der Waals surface area (Å²) in [5.41, 5.74) is 0. The molecule has 0 unspecified atom stereocenters. The van der Waals surface area contributed by atoms with Crippen molar-refractivity contribution in [2.75, 3.05) is 6.61 Å². The number of esters is 1. The Morgan fingerprint density at radius 2 is 0.745 bits per heavy atom. The van der Waals surface area contributed by atoms with Crippen molar-refractivity contribution < 1.29 is 9.53 Å². The van der Waals surface area contributed by atoms with E-state index in [0.717, 1.165) is 25.2 Å². The molecule has 2 heteroatoms. The van der Waals surface area contributed by atoms with E-state index in [2.05, 4.69) is 32.9 Å². The topological polar surface area (TPSA) is 26.3 Å². The maximum Gasteiger partial charge on any atom is 0.305 e. The van der Waals surface area contributed by atoms with Crippen LogP contribution in [0.5, 0.6) is 0 Å². The first-order valence-corrected chi connectivity index (χ1v) is 22.0. The molecule has 0 bridgehead atoms. The number of allylic oxidation sites excluding steroid dienone is 2. The lowest BCUT2D eigenvalue weighted by atomic mass is 10.0. The fourth-order valence-electron chi connectivity index (χ4n) is 6.77. The van der Waals surface area contributed by atoms with Gasteiger partial charge in [-0.15, -0.1) is 0 Å². The molecule has 0 spiro atoms. The molecular formula is C45H88O2. The van der Waals surface area contributed by atoms with Gasteiger partial charge < -0.3 is 4.74 Å². The van der Waals surface area contributed by atoms with Gasteiger partial charge in [-0.25, -0.2) is 0 Å². The molecule has 0 aromatic carbocycles. The van der Waals surface area contributed by atoms with Crippen LogP contribution in [0.4, 0.5) is 0 Å². The van der Waals surface area contributed by atoms with Crippen LogP contribution in [-0.2, 0) is 9.53 Å². The van der Waals surface area contributed by atoms with E-state index in [-0.39, 0.29) is 5.97 Å². The van der Waals surface area contributed by atoms with Crippen LogP contribution in [-0.4, -0.2) is 12.6 Å². The van der Waals surface area contributed by atoms with Crippen LogP contribution >= 0.6 is 0 Å². The van der Waals surface area contributed by atoms with Gasteiger partial charge >= 0.3 is 5.97 Å². The predicted octanol–water partition coefficient (Wildman–Crippen LogP) is 16.2. The summed E-state index contributed by atoms with van der Waals surface area (Å²) in [5.74, 6) is 0.905. The van der Waals surface area contributed by atoms with Crippen molar-refractivity contribution in [2.45, 2.75) is 258 Å². The van der Waals surface area contributed by atoms with Crippen molar-refractivity contribution in [3.05, 3.63) is 12.2 Å². The molecule has 0 heterocycles. The van der Waals surface area contributed by atoms with Gasteiger partial charge in [0.15, 0.2) is 0 Å². The Morgan fingerprint density at radius 1 is 0.426 bits per heavy atom. The number of carbonyl (C=O) groups is 1. The molecule has 2 nitrogen and oxygen atoms in total. The molecule has 0 amide bonds. The van der Waals surface area contributed by atoms with E-state index in [1.807, 2.05) is 0 Å². The van der Waals surface area contributed by atoms with Gasteiger partial charge in [0.25, 0.3) is 0 Å². The number of unbranched alkanes of at least 4 members (excludes halogenated alkanes) is 32. The summed E-state index contributed by atoms with van der Waals surface area (Å²) in [5, 5.41) is 0. The van der Waals surface area contributed by atoms with Crippen molar-refractivity contribution in [2.24, 2.45) is 5.92 Å². The van der Waals surface area contributed by atoms with Gasteiger partial charge in [0.2, 0.25) is 0 Å². The summed E-state index contributed by atoms with van der Waals surface area (Å²) in [4.78, 5) is 11.9. The smallest absolute Gasteiger partial charge is 0.305 e. The van der Waals surface area contributed by atoms with Crippen LogP contribution in [0, 0.1) is 5.92 Å². The lowest BCUT2D eigenvalue weighted by Gasteiger charge is -2.06. The van der Waals surface area contributed by atoms with Gasteiger partial charge in [-0.1, -0.05) is 232 Å². The minimum atomic E-state index is 0.0173. The second-order valence-corrected chi connectivity index (χ2v) is 15.5. The highest BCUT2D eigenvalue weighted by Gasteiger charge is 2.03. The average molecular weight is 661 g/mol.